The van der Waals surface area contributed by atoms with Crippen LogP contribution >= 0.6 is 11.6 Å². The first-order valence-corrected chi connectivity index (χ1v) is 6.58. The lowest BCUT2D eigenvalue weighted by Crippen LogP contribution is -1.98. The van der Waals surface area contributed by atoms with Crippen LogP contribution in [0.1, 0.15) is 18.9 Å². The van der Waals surface area contributed by atoms with Crippen molar-refractivity contribution in [1.29, 1.82) is 5.26 Å². The first-order chi connectivity index (χ1) is 9.72. The van der Waals surface area contributed by atoms with Gasteiger partial charge in [-0.15, -0.1) is 0 Å². The third-order valence-electron chi connectivity index (χ3n) is 2.43. The van der Waals surface area contributed by atoms with Gasteiger partial charge in [-0.25, -0.2) is 4.98 Å². The molecule has 2 rings (SSSR count). The fraction of sp³-hybridized carbons (Fsp3) is 0.200. The SMILES string of the molecule is CCCOc1ccccc1Oc1cc(C#N)cc(Cl)n1. The van der Waals surface area contributed by atoms with Gasteiger partial charge in [-0.1, -0.05) is 30.7 Å². The smallest absolute Gasteiger partial charge is 0.222 e. The van der Waals surface area contributed by atoms with Crippen molar-refractivity contribution in [3.8, 4) is 23.4 Å². The van der Waals surface area contributed by atoms with Crippen LogP contribution in [0.25, 0.3) is 0 Å². The van der Waals surface area contributed by atoms with Crippen molar-refractivity contribution in [1.82, 2.24) is 4.98 Å². The molecular formula is C15H13ClN2O2. The van der Waals surface area contributed by atoms with Crippen molar-refractivity contribution >= 4 is 11.6 Å². The van der Waals surface area contributed by atoms with Gasteiger partial charge in [0, 0.05) is 6.07 Å². The van der Waals surface area contributed by atoms with Gasteiger partial charge in [0.15, 0.2) is 11.5 Å². The minimum atomic E-state index is 0.214. The van der Waals surface area contributed by atoms with E-state index in [-0.39, 0.29) is 11.0 Å². The molecule has 0 amide bonds. The molecule has 0 radical (unpaired) electrons. The molecule has 5 heteroatoms. The summed E-state index contributed by atoms with van der Waals surface area (Å²) in [5, 5.41) is 9.12. The van der Waals surface area contributed by atoms with Crippen molar-refractivity contribution in [2.75, 3.05) is 6.61 Å². The Hall–Kier alpha value is -2.25. The molecule has 0 atom stereocenters. The van der Waals surface area contributed by atoms with Crippen molar-refractivity contribution in [2.45, 2.75) is 13.3 Å². The number of hydrogen-bond acceptors (Lipinski definition) is 4. The molecule has 0 aliphatic heterocycles. The quantitative estimate of drug-likeness (QED) is 0.774. The second kappa shape index (κ2) is 6.78. The highest BCUT2D eigenvalue weighted by Gasteiger charge is 2.08. The van der Waals surface area contributed by atoms with E-state index in [4.69, 9.17) is 26.3 Å². The van der Waals surface area contributed by atoms with E-state index < -0.39 is 0 Å². The second-order valence-electron chi connectivity index (χ2n) is 4.03. The van der Waals surface area contributed by atoms with Crippen LogP contribution in [-0.2, 0) is 0 Å². The molecule has 2 aromatic rings. The Balaban J connectivity index is 2.26. The van der Waals surface area contributed by atoms with E-state index in [1.807, 2.05) is 31.2 Å². The molecule has 0 N–H and O–H groups in total. The van der Waals surface area contributed by atoms with E-state index in [0.717, 1.165) is 6.42 Å². The summed E-state index contributed by atoms with van der Waals surface area (Å²) >= 11 is 5.84. The van der Waals surface area contributed by atoms with Crippen LogP contribution in [0.3, 0.4) is 0 Å². The minimum absolute atomic E-state index is 0.214. The predicted octanol–water partition coefficient (Wildman–Crippen LogP) is 4.19. The van der Waals surface area contributed by atoms with Crippen LogP contribution in [0.4, 0.5) is 0 Å². The van der Waals surface area contributed by atoms with E-state index >= 15 is 0 Å². The van der Waals surface area contributed by atoms with E-state index in [2.05, 4.69) is 4.98 Å². The summed E-state index contributed by atoms with van der Waals surface area (Å²) in [6.45, 7) is 2.63. The number of nitrogens with zero attached hydrogens (tertiary/aromatic N) is 2. The molecule has 102 valence electrons. The molecule has 1 aromatic carbocycles. The number of aromatic nitrogens is 1. The minimum Gasteiger partial charge on any atom is -0.490 e. The molecule has 0 bridgehead atoms. The standard InChI is InChI=1S/C15H13ClN2O2/c1-2-7-19-12-5-3-4-6-13(12)20-15-9-11(10-17)8-14(16)18-15/h3-6,8-9H,2,7H2,1H3. The number of rotatable bonds is 5. The zero-order valence-corrected chi connectivity index (χ0v) is 11.7. The molecule has 0 unspecified atom stereocenters. The topological polar surface area (TPSA) is 55.1 Å². The number of pyridine rings is 1. The highest BCUT2D eigenvalue weighted by Crippen LogP contribution is 2.31. The second-order valence-corrected chi connectivity index (χ2v) is 4.41. The zero-order valence-electron chi connectivity index (χ0n) is 11.0. The van der Waals surface area contributed by atoms with Crippen molar-refractivity contribution in [3.63, 3.8) is 0 Å². The molecule has 4 nitrogen and oxygen atoms in total. The average molecular weight is 289 g/mol. The monoisotopic (exact) mass is 288 g/mol. The normalized spacial score (nSPS) is 9.85. The van der Waals surface area contributed by atoms with Crippen LogP contribution in [0.2, 0.25) is 5.15 Å². The molecule has 20 heavy (non-hydrogen) atoms. The van der Waals surface area contributed by atoms with Gasteiger partial charge in [-0.05, 0) is 24.6 Å². The Kier molecular flexibility index (Phi) is 4.80. The molecule has 0 fully saturated rings. The van der Waals surface area contributed by atoms with E-state index in [1.54, 1.807) is 6.07 Å². The predicted molar refractivity (Wildman–Crippen MR) is 76.3 cm³/mol. The highest BCUT2D eigenvalue weighted by molar-refractivity contribution is 6.29. The summed E-state index contributed by atoms with van der Waals surface area (Å²) < 4.78 is 11.3. The van der Waals surface area contributed by atoms with Gasteiger partial charge in [-0.3, -0.25) is 0 Å². The first kappa shape index (κ1) is 14.2. The number of benzene rings is 1. The lowest BCUT2D eigenvalue weighted by atomic mass is 10.3. The highest BCUT2D eigenvalue weighted by atomic mass is 35.5. The van der Waals surface area contributed by atoms with Gasteiger partial charge < -0.3 is 9.47 Å². The van der Waals surface area contributed by atoms with Crippen LogP contribution in [0.15, 0.2) is 36.4 Å². The number of ether oxygens (including phenoxy) is 2. The maximum Gasteiger partial charge on any atom is 0.222 e. The Morgan fingerprint density at radius 1 is 1.25 bits per heavy atom. The number of halogens is 1. The van der Waals surface area contributed by atoms with Crippen molar-refractivity contribution < 1.29 is 9.47 Å². The third-order valence-corrected chi connectivity index (χ3v) is 2.62. The molecule has 1 aromatic heterocycles. The van der Waals surface area contributed by atoms with Gasteiger partial charge in [0.05, 0.1) is 18.2 Å². The van der Waals surface area contributed by atoms with Crippen LogP contribution in [0, 0.1) is 11.3 Å². The van der Waals surface area contributed by atoms with E-state index in [9.17, 15) is 0 Å². The fourth-order valence-corrected chi connectivity index (χ4v) is 1.77. The van der Waals surface area contributed by atoms with Crippen molar-refractivity contribution in [3.05, 3.63) is 47.1 Å². The van der Waals surface area contributed by atoms with E-state index in [0.29, 0.717) is 23.7 Å². The molecule has 0 saturated heterocycles. The van der Waals surface area contributed by atoms with Gasteiger partial charge in [0.25, 0.3) is 0 Å². The Morgan fingerprint density at radius 2 is 2.00 bits per heavy atom. The van der Waals surface area contributed by atoms with Gasteiger partial charge >= 0.3 is 0 Å². The maximum absolute atomic E-state index is 8.91. The van der Waals surface area contributed by atoms with Crippen LogP contribution in [-0.4, -0.2) is 11.6 Å². The molecule has 0 aliphatic rings. The van der Waals surface area contributed by atoms with Crippen LogP contribution in [0.5, 0.6) is 17.4 Å². The molecule has 0 saturated carbocycles. The van der Waals surface area contributed by atoms with Gasteiger partial charge in [-0.2, -0.15) is 5.26 Å². The Bertz CT molecular complexity index is 638. The Morgan fingerprint density at radius 3 is 2.70 bits per heavy atom. The number of nitriles is 1. The lowest BCUT2D eigenvalue weighted by molar-refractivity contribution is 0.301. The number of hydrogen-bond donors (Lipinski definition) is 0. The summed E-state index contributed by atoms with van der Waals surface area (Å²) in [6, 6.07) is 12.3. The average Bonchev–Trinajstić information content (AvgIpc) is 2.45. The maximum atomic E-state index is 8.91. The fourth-order valence-electron chi connectivity index (χ4n) is 1.57. The summed E-state index contributed by atoms with van der Waals surface area (Å²) in [4.78, 5) is 4.04. The summed E-state index contributed by atoms with van der Waals surface area (Å²) in [6.07, 6.45) is 0.905. The van der Waals surface area contributed by atoms with Crippen LogP contribution < -0.4 is 9.47 Å². The molecular weight excluding hydrogens is 276 g/mol. The summed E-state index contributed by atoms with van der Waals surface area (Å²) in [5.41, 5.74) is 0.395. The largest absolute Gasteiger partial charge is 0.490 e. The zero-order chi connectivity index (χ0) is 14.4. The lowest BCUT2D eigenvalue weighted by Gasteiger charge is -2.11. The molecule has 0 aliphatic carbocycles. The van der Waals surface area contributed by atoms with Gasteiger partial charge in [0.1, 0.15) is 5.15 Å². The molecule has 0 spiro atoms. The van der Waals surface area contributed by atoms with Gasteiger partial charge in [0.2, 0.25) is 5.88 Å². The summed E-state index contributed by atoms with van der Waals surface area (Å²) in [7, 11) is 0. The number of para-hydroxylation sites is 2. The first-order valence-electron chi connectivity index (χ1n) is 6.20. The molecule has 1 heterocycles. The third kappa shape index (κ3) is 3.62. The van der Waals surface area contributed by atoms with E-state index in [1.165, 1.54) is 12.1 Å². The van der Waals surface area contributed by atoms with Crippen molar-refractivity contribution in [2.24, 2.45) is 0 Å². The summed E-state index contributed by atoms with van der Waals surface area (Å²) in [5.74, 6) is 1.44. The Labute approximate surface area is 122 Å².